The molecule has 5 nitrogen and oxygen atoms in total. The molecule has 0 bridgehead atoms. The number of hydrogen-bond donors (Lipinski definition) is 2. The molecule has 0 aliphatic carbocycles. The Morgan fingerprint density at radius 2 is 1.71 bits per heavy atom. The first-order chi connectivity index (χ1) is 13.8. The average Bonchev–Trinajstić information content (AvgIpc) is 3.27. The highest BCUT2D eigenvalue weighted by Crippen LogP contribution is 2.28. The number of methoxy groups -OCH3 is 1. The summed E-state index contributed by atoms with van der Waals surface area (Å²) in [6.45, 7) is 1.89. The van der Waals surface area contributed by atoms with E-state index in [-0.39, 0.29) is 0 Å². The lowest BCUT2D eigenvalue weighted by Gasteiger charge is -2.14. The van der Waals surface area contributed by atoms with E-state index in [1.165, 1.54) is 5.56 Å². The molecule has 0 fully saturated rings. The smallest absolute Gasteiger partial charge is 0.191 e. The maximum Gasteiger partial charge on any atom is 0.191 e. The van der Waals surface area contributed by atoms with Gasteiger partial charge in [0.15, 0.2) is 17.5 Å². The lowest BCUT2D eigenvalue weighted by Crippen LogP contribution is -2.36. The maximum atomic E-state index is 5.92. The zero-order chi connectivity index (χ0) is 19.6. The van der Waals surface area contributed by atoms with E-state index in [4.69, 9.17) is 9.47 Å². The Morgan fingerprint density at radius 3 is 2.39 bits per heavy atom. The Hall–Kier alpha value is -2.99. The van der Waals surface area contributed by atoms with E-state index in [1.807, 2.05) is 48.5 Å². The second-order valence-electron chi connectivity index (χ2n) is 6.17. The molecule has 1 aromatic heterocycles. The lowest BCUT2D eigenvalue weighted by molar-refractivity contribution is 0.284. The molecule has 1 heterocycles. The number of rotatable bonds is 8. The zero-order valence-electron chi connectivity index (χ0n) is 16.1. The van der Waals surface area contributed by atoms with Crippen molar-refractivity contribution in [2.75, 3.05) is 14.2 Å². The molecule has 146 valence electrons. The predicted molar refractivity (Wildman–Crippen MR) is 115 cm³/mol. The van der Waals surface area contributed by atoms with E-state index >= 15 is 0 Å². The van der Waals surface area contributed by atoms with E-state index in [9.17, 15) is 0 Å². The minimum atomic E-state index is 0.508. The van der Waals surface area contributed by atoms with Crippen LogP contribution in [0.2, 0.25) is 0 Å². The fourth-order valence-electron chi connectivity index (χ4n) is 2.66. The molecule has 0 aliphatic heterocycles. The number of nitrogens with zero attached hydrogens (tertiary/aromatic N) is 1. The maximum absolute atomic E-state index is 5.92. The topological polar surface area (TPSA) is 54.9 Å². The number of benzene rings is 2. The molecule has 2 aromatic carbocycles. The molecule has 0 unspecified atom stereocenters. The van der Waals surface area contributed by atoms with Gasteiger partial charge in [0.05, 0.1) is 7.11 Å². The second-order valence-corrected chi connectivity index (χ2v) is 6.95. The van der Waals surface area contributed by atoms with Gasteiger partial charge in [-0.05, 0) is 45.6 Å². The summed E-state index contributed by atoms with van der Waals surface area (Å²) >= 11 is 1.69. The van der Waals surface area contributed by atoms with Crippen LogP contribution >= 0.6 is 11.3 Å². The van der Waals surface area contributed by atoms with Crippen molar-refractivity contribution in [2.24, 2.45) is 4.99 Å². The summed E-state index contributed by atoms with van der Waals surface area (Å²) in [6.07, 6.45) is 0. The van der Waals surface area contributed by atoms with Gasteiger partial charge >= 0.3 is 0 Å². The summed E-state index contributed by atoms with van der Waals surface area (Å²) < 4.78 is 11.4. The van der Waals surface area contributed by atoms with Gasteiger partial charge in [0.1, 0.15) is 6.61 Å². The van der Waals surface area contributed by atoms with Crippen molar-refractivity contribution in [3.8, 4) is 11.5 Å². The van der Waals surface area contributed by atoms with Crippen LogP contribution < -0.4 is 20.1 Å². The first-order valence-corrected chi connectivity index (χ1v) is 10.0. The van der Waals surface area contributed by atoms with Crippen LogP contribution in [0, 0.1) is 0 Å². The van der Waals surface area contributed by atoms with Crippen molar-refractivity contribution in [2.45, 2.75) is 19.7 Å². The molecular weight excluding hydrogens is 370 g/mol. The van der Waals surface area contributed by atoms with E-state index < -0.39 is 0 Å². The quantitative estimate of drug-likeness (QED) is 0.443. The van der Waals surface area contributed by atoms with E-state index in [0.717, 1.165) is 35.1 Å². The summed E-state index contributed by atoms with van der Waals surface area (Å²) in [7, 11) is 3.42. The summed E-state index contributed by atoms with van der Waals surface area (Å²) in [5, 5.41) is 10.8. The summed E-state index contributed by atoms with van der Waals surface area (Å²) in [4.78, 5) is 4.27. The summed E-state index contributed by atoms with van der Waals surface area (Å²) in [5.41, 5.74) is 3.45. The van der Waals surface area contributed by atoms with Gasteiger partial charge in [0, 0.05) is 20.1 Å². The van der Waals surface area contributed by atoms with Crippen LogP contribution in [0.25, 0.3) is 0 Å². The minimum absolute atomic E-state index is 0.508. The van der Waals surface area contributed by atoms with Crippen molar-refractivity contribution < 1.29 is 9.47 Å². The van der Waals surface area contributed by atoms with Crippen LogP contribution in [-0.2, 0) is 19.7 Å². The number of guanidine groups is 1. The van der Waals surface area contributed by atoms with Gasteiger partial charge in [-0.3, -0.25) is 4.99 Å². The largest absolute Gasteiger partial charge is 0.493 e. The average molecular weight is 396 g/mol. The molecule has 6 heteroatoms. The van der Waals surface area contributed by atoms with Crippen LogP contribution in [-0.4, -0.2) is 20.1 Å². The number of hydrogen-bond acceptors (Lipinski definition) is 4. The van der Waals surface area contributed by atoms with Gasteiger partial charge in [0.25, 0.3) is 0 Å². The fourth-order valence-corrected chi connectivity index (χ4v) is 3.33. The van der Waals surface area contributed by atoms with E-state index in [1.54, 1.807) is 25.5 Å². The van der Waals surface area contributed by atoms with Gasteiger partial charge in [-0.1, -0.05) is 36.4 Å². The normalized spacial score (nSPS) is 11.1. The molecular formula is C22H25N3O2S. The summed E-state index contributed by atoms with van der Waals surface area (Å²) in [6, 6.07) is 18.1. The number of nitrogens with one attached hydrogen (secondary N) is 2. The Morgan fingerprint density at radius 1 is 0.929 bits per heavy atom. The highest BCUT2D eigenvalue weighted by Gasteiger charge is 2.07. The second kappa shape index (κ2) is 10.4. The highest BCUT2D eigenvalue weighted by atomic mass is 32.1. The molecule has 28 heavy (non-hydrogen) atoms. The number of aliphatic imine (C=N–C) groups is 1. The molecule has 0 aliphatic rings. The first-order valence-electron chi connectivity index (χ1n) is 9.07. The standard InChI is InChI=1S/C22H25N3O2S/c1-23-22(25-14-19-10-11-28-16-19)24-13-18-8-9-20(21(12-18)26-2)27-15-17-6-4-3-5-7-17/h3-12,16H,13-15H2,1-2H3,(H2,23,24,25). The highest BCUT2D eigenvalue weighted by molar-refractivity contribution is 7.07. The summed E-state index contributed by atoms with van der Waals surface area (Å²) in [5.74, 6) is 2.21. The van der Waals surface area contributed by atoms with Crippen LogP contribution in [0.15, 0.2) is 70.3 Å². The molecule has 3 rings (SSSR count). The van der Waals surface area contributed by atoms with Crippen molar-refractivity contribution in [1.29, 1.82) is 0 Å². The zero-order valence-corrected chi connectivity index (χ0v) is 17.0. The Labute approximate surface area is 170 Å². The molecule has 2 N–H and O–H groups in total. The minimum Gasteiger partial charge on any atom is -0.493 e. The lowest BCUT2D eigenvalue weighted by atomic mass is 10.2. The predicted octanol–water partition coefficient (Wildman–Crippen LogP) is 4.20. The van der Waals surface area contributed by atoms with Gasteiger partial charge in [-0.2, -0.15) is 11.3 Å². The van der Waals surface area contributed by atoms with Crippen LogP contribution in [0.4, 0.5) is 0 Å². The van der Waals surface area contributed by atoms with E-state index in [0.29, 0.717) is 13.2 Å². The van der Waals surface area contributed by atoms with Gasteiger partial charge in [-0.25, -0.2) is 0 Å². The van der Waals surface area contributed by atoms with Gasteiger partial charge < -0.3 is 20.1 Å². The molecule has 0 amide bonds. The molecule has 0 saturated carbocycles. The van der Waals surface area contributed by atoms with Crippen molar-refractivity contribution in [1.82, 2.24) is 10.6 Å². The SMILES string of the molecule is CN=C(NCc1ccsc1)NCc1ccc(OCc2ccccc2)c(OC)c1. The van der Waals surface area contributed by atoms with E-state index in [2.05, 4.69) is 32.5 Å². The Balaban J connectivity index is 1.55. The first kappa shape index (κ1) is 19.8. The number of ether oxygens (including phenoxy) is 2. The Kier molecular flexibility index (Phi) is 7.32. The van der Waals surface area contributed by atoms with Gasteiger partial charge in [0.2, 0.25) is 0 Å². The van der Waals surface area contributed by atoms with Crippen molar-refractivity contribution in [3.05, 3.63) is 82.0 Å². The van der Waals surface area contributed by atoms with Crippen molar-refractivity contribution >= 4 is 17.3 Å². The third kappa shape index (κ3) is 5.76. The molecule has 3 aromatic rings. The van der Waals surface area contributed by atoms with Crippen LogP contribution in [0.5, 0.6) is 11.5 Å². The third-order valence-electron chi connectivity index (χ3n) is 4.19. The molecule has 0 atom stereocenters. The molecule has 0 spiro atoms. The molecule has 0 radical (unpaired) electrons. The Bertz CT molecular complexity index is 880. The number of thiophene rings is 1. The van der Waals surface area contributed by atoms with Crippen LogP contribution in [0.1, 0.15) is 16.7 Å². The molecule has 0 saturated heterocycles. The monoisotopic (exact) mass is 395 g/mol. The fraction of sp³-hybridized carbons (Fsp3) is 0.227. The van der Waals surface area contributed by atoms with Crippen LogP contribution in [0.3, 0.4) is 0 Å². The third-order valence-corrected chi connectivity index (χ3v) is 4.92. The van der Waals surface area contributed by atoms with Crippen molar-refractivity contribution in [3.63, 3.8) is 0 Å². The van der Waals surface area contributed by atoms with Gasteiger partial charge in [-0.15, -0.1) is 0 Å².